The Hall–Kier alpha value is -1.34. The third-order valence-electron chi connectivity index (χ3n) is 3.51. The van der Waals surface area contributed by atoms with Crippen molar-refractivity contribution in [3.63, 3.8) is 0 Å². The summed E-state index contributed by atoms with van der Waals surface area (Å²) in [6.45, 7) is 2.07. The molecule has 0 spiro atoms. The number of nitrogens with one attached hydrogen (secondary N) is 1. The highest BCUT2D eigenvalue weighted by molar-refractivity contribution is 7.14. The predicted octanol–water partition coefficient (Wildman–Crippen LogP) is 3.27. The maximum Gasteiger partial charge on any atom is 0.262 e. The van der Waals surface area contributed by atoms with E-state index in [0.29, 0.717) is 4.88 Å². The lowest BCUT2D eigenvalue weighted by Gasteiger charge is -2.31. The highest BCUT2D eigenvalue weighted by Gasteiger charge is 2.34. The summed E-state index contributed by atoms with van der Waals surface area (Å²) in [7, 11) is 0. The highest BCUT2D eigenvalue weighted by atomic mass is 32.1. The molecule has 0 bridgehead atoms. The average Bonchev–Trinajstić information content (AvgIpc) is 2.88. The monoisotopic (exact) mass is 262 g/mol. The van der Waals surface area contributed by atoms with Crippen LogP contribution in [0.3, 0.4) is 0 Å². The summed E-state index contributed by atoms with van der Waals surface area (Å²) in [5.74, 6) is -0.0943. The molecule has 1 aromatic heterocycles. The molecule has 1 amide bonds. The van der Waals surface area contributed by atoms with Crippen molar-refractivity contribution in [1.29, 1.82) is 5.26 Å². The van der Waals surface area contributed by atoms with Crippen LogP contribution in [-0.2, 0) is 6.42 Å². The molecule has 1 saturated carbocycles. The first-order valence-corrected chi connectivity index (χ1v) is 7.33. The molecule has 4 heteroatoms. The van der Waals surface area contributed by atoms with Crippen LogP contribution in [0.1, 0.15) is 53.6 Å². The summed E-state index contributed by atoms with van der Waals surface area (Å²) in [4.78, 5) is 14.1. The highest BCUT2D eigenvalue weighted by Crippen LogP contribution is 2.28. The molecule has 0 unspecified atom stereocenters. The van der Waals surface area contributed by atoms with E-state index in [1.54, 1.807) is 0 Å². The van der Waals surface area contributed by atoms with E-state index in [4.69, 9.17) is 0 Å². The van der Waals surface area contributed by atoms with Crippen molar-refractivity contribution < 1.29 is 4.79 Å². The van der Waals surface area contributed by atoms with Crippen molar-refractivity contribution in [1.82, 2.24) is 5.32 Å². The minimum atomic E-state index is -0.633. The second-order valence-corrected chi connectivity index (χ2v) is 6.00. The van der Waals surface area contributed by atoms with Gasteiger partial charge in [-0.1, -0.05) is 26.2 Å². The Bertz CT molecular complexity index is 466. The van der Waals surface area contributed by atoms with Gasteiger partial charge in [0.1, 0.15) is 5.54 Å². The molecule has 18 heavy (non-hydrogen) atoms. The van der Waals surface area contributed by atoms with Crippen LogP contribution < -0.4 is 5.32 Å². The molecule has 1 N–H and O–H groups in total. The molecule has 0 atom stereocenters. The standard InChI is InChI=1S/C14H18N2OS/c1-2-11-6-7-12(18-11)13(17)16-14(10-15)8-4-3-5-9-14/h6-7H,2-5,8-9H2,1H3,(H,16,17). The van der Waals surface area contributed by atoms with Gasteiger partial charge in [-0.3, -0.25) is 4.79 Å². The van der Waals surface area contributed by atoms with Crippen molar-refractivity contribution >= 4 is 17.2 Å². The molecular weight excluding hydrogens is 244 g/mol. The van der Waals surface area contributed by atoms with Crippen LogP contribution in [0.25, 0.3) is 0 Å². The molecule has 3 nitrogen and oxygen atoms in total. The normalized spacial score (nSPS) is 18.0. The van der Waals surface area contributed by atoms with E-state index in [1.165, 1.54) is 16.2 Å². The molecule has 96 valence electrons. The summed E-state index contributed by atoms with van der Waals surface area (Å²) < 4.78 is 0. The molecule has 0 aliphatic heterocycles. The molecule has 1 aliphatic carbocycles. The van der Waals surface area contributed by atoms with E-state index in [-0.39, 0.29) is 5.91 Å². The van der Waals surface area contributed by atoms with Gasteiger partial charge < -0.3 is 5.32 Å². The Labute approximate surface area is 112 Å². The first-order chi connectivity index (χ1) is 8.69. The number of hydrogen-bond donors (Lipinski definition) is 1. The lowest BCUT2D eigenvalue weighted by molar-refractivity contribution is 0.0907. The van der Waals surface area contributed by atoms with Crippen LogP contribution in [0.15, 0.2) is 12.1 Å². The SMILES string of the molecule is CCc1ccc(C(=O)NC2(C#N)CCCCC2)s1. The number of carbonyl (C=O) groups excluding carboxylic acids is 1. The van der Waals surface area contributed by atoms with Gasteiger partial charge in [0, 0.05) is 4.88 Å². The van der Waals surface area contributed by atoms with Crippen molar-refractivity contribution in [3.05, 3.63) is 21.9 Å². The summed E-state index contributed by atoms with van der Waals surface area (Å²) in [6, 6.07) is 6.15. The fourth-order valence-electron chi connectivity index (χ4n) is 2.39. The molecule has 1 fully saturated rings. The number of nitriles is 1. The number of nitrogens with zero attached hydrogens (tertiary/aromatic N) is 1. The second kappa shape index (κ2) is 5.53. The Balaban J connectivity index is 2.08. The van der Waals surface area contributed by atoms with Gasteiger partial charge in [0.05, 0.1) is 10.9 Å². The zero-order valence-electron chi connectivity index (χ0n) is 10.7. The molecule has 2 rings (SSSR count). The largest absolute Gasteiger partial charge is 0.333 e. The maximum absolute atomic E-state index is 12.2. The van der Waals surface area contributed by atoms with E-state index < -0.39 is 5.54 Å². The van der Waals surface area contributed by atoms with Crippen molar-refractivity contribution in [2.24, 2.45) is 0 Å². The number of aryl methyl sites for hydroxylation is 1. The Morgan fingerprint density at radius 2 is 2.17 bits per heavy atom. The van der Waals surface area contributed by atoms with Crippen molar-refractivity contribution in [2.75, 3.05) is 0 Å². The van der Waals surface area contributed by atoms with Gasteiger partial charge in [0.15, 0.2) is 0 Å². The third-order valence-corrected chi connectivity index (χ3v) is 4.74. The number of hydrogen-bond acceptors (Lipinski definition) is 3. The van der Waals surface area contributed by atoms with E-state index in [9.17, 15) is 10.1 Å². The summed E-state index contributed by atoms with van der Waals surface area (Å²) in [5.41, 5.74) is -0.633. The number of amides is 1. The van der Waals surface area contributed by atoms with Gasteiger partial charge in [-0.25, -0.2) is 0 Å². The van der Waals surface area contributed by atoms with Crippen molar-refractivity contribution in [3.8, 4) is 6.07 Å². The van der Waals surface area contributed by atoms with Crippen LogP contribution in [0.2, 0.25) is 0 Å². The van der Waals surface area contributed by atoms with Crippen LogP contribution in [-0.4, -0.2) is 11.4 Å². The summed E-state index contributed by atoms with van der Waals surface area (Å²) in [5, 5.41) is 12.3. The molecule has 0 aromatic carbocycles. The zero-order chi connectivity index (χ0) is 13.0. The molecule has 1 aliphatic rings. The lowest BCUT2D eigenvalue weighted by Crippen LogP contribution is -2.48. The van der Waals surface area contributed by atoms with Gasteiger partial charge in [-0.05, 0) is 31.4 Å². The predicted molar refractivity (Wildman–Crippen MR) is 72.6 cm³/mol. The van der Waals surface area contributed by atoms with Crippen LogP contribution in [0, 0.1) is 11.3 Å². The minimum absolute atomic E-state index is 0.0943. The van der Waals surface area contributed by atoms with Crippen molar-refractivity contribution in [2.45, 2.75) is 51.0 Å². The third kappa shape index (κ3) is 2.73. The zero-order valence-corrected chi connectivity index (χ0v) is 11.5. The number of thiophene rings is 1. The molecule has 0 saturated heterocycles. The molecular formula is C14H18N2OS. The first kappa shape index (κ1) is 13.1. The smallest absolute Gasteiger partial charge is 0.262 e. The number of carbonyl (C=O) groups is 1. The summed E-state index contributed by atoms with van der Waals surface area (Å²) >= 11 is 1.52. The maximum atomic E-state index is 12.2. The lowest BCUT2D eigenvalue weighted by atomic mass is 9.83. The number of rotatable bonds is 3. The van der Waals surface area contributed by atoms with Crippen LogP contribution in [0.4, 0.5) is 0 Å². The van der Waals surface area contributed by atoms with Gasteiger partial charge in [-0.2, -0.15) is 5.26 Å². The van der Waals surface area contributed by atoms with E-state index in [1.807, 2.05) is 12.1 Å². The summed E-state index contributed by atoms with van der Waals surface area (Å²) in [6.07, 6.45) is 5.72. The first-order valence-electron chi connectivity index (χ1n) is 6.51. The van der Waals surface area contributed by atoms with Crippen LogP contribution >= 0.6 is 11.3 Å². The van der Waals surface area contributed by atoms with E-state index >= 15 is 0 Å². The Morgan fingerprint density at radius 1 is 1.44 bits per heavy atom. The van der Waals surface area contributed by atoms with E-state index in [0.717, 1.165) is 38.5 Å². The minimum Gasteiger partial charge on any atom is -0.333 e. The fraction of sp³-hybridized carbons (Fsp3) is 0.571. The molecule has 0 radical (unpaired) electrons. The second-order valence-electron chi connectivity index (χ2n) is 4.83. The van der Waals surface area contributed by atoms with Gasteiger partial charge in [-0.15, -0.1) is 11.3 Å². The Morgan fingerprint density at radius 3 is 2.72 bits per heavy atom. The Kier molecular flexibility index (Phi) is 4.03. The quantitative estimate of drug-likeness (QED) is 0.909. The van der Waals surface area contributed by atoms with Crippen LogP contribution in [0.5, 0.6) is 0 Å². The van der Waals surface area contributed by atoms with Gasteiger partial charge >= 0.3 is 0 Å². The van der Waals surface area contributed by atoms with Gasteiger partial charge in [0.2, 0.25) is 0 Å². The van der Waals surface area contributed by atoms with E-state index in [2.05, 4.69) is 18.3 Å². The fourth-order valence-corrected chi connectivity index (χ4v) is 3.23. The molecule has 1 aromatic rings. The topological polar surface area (TPSA) is 52.9 Å². The average molecular weight is 262 g/mol. The van der Waals surface area contributed by atoms with Gasteiger partial charge in [0.25, 0.3) is 5.91 Å². The molecule has 1 heterocycles.